The Hall–Kier alpha value is -0.0500. The number of nitrogens with one attached hydrogen (secondary N) is 1. The van der Waals surface area contributed by atoms with Crippen LogP contribution >= 0.6 is 11.6 Å². The summed E-state index contributed by atoms with van der Waals surface area (Å²) >= 11 is 5.50. The van der Waals surface area contributed by atoms with E-state index in [0.717, 1.165) is 25.3 Å². The van der Waals surface area contributed by atoms with Gasteiger partial charge in [-0.1, -0.05) is 11.6 Å². The molecule has 1 N–H and O–H groups in total. The van der Waals surface area contributed by atoms with Gasteiger partial charge in [0, 0.05) is 25.2 Å². The summed E-state index contributed by atoms with van der Waals surface area (Å²) < 4.78 is 5.34. The Morgan fingerprint density at radius 3 is 2.83 bits per heavy atom. The lowest BCUT2D eigenvalue weighted by Gasteiger charge is -2.12. The van der Waals surface area contributed by atoms with Crippen LogP contribution in [-0.2, 0) is 4.74 Å². The summed E-state index contributed by atoms with van der Waals surface area (Å²) in [6.45, 7) is 8.52. The molecule has 0 rings (SSSR count). The fourth-order valence-corrected chi connectivity index (χ4v) is 0.932. The van der Waals surface area contributed by atoms with Crippen molar-refractivity contribution in [1.29, 1.82) is 0 Å². The van der Waals surface area contributed by atoms with Gasteiger partial charge >= 0.3 is 0 Å². The Morgan fingerprint density at radius 2 is 2.33 bits per heavy atom. The van der Waals surface area contributed by atoms with Crippen LogP contribution in [0.4, 0.5) is 0 Å². The van der Waals surface area contributed by atoms with Gasteiger partial charge in [0.05, 0.1) is 6.10 Å². The van der Waals surface area contributed by atoms with Crippen molar-refractivity contribution in [1.82, 2.24) is 5.32 Å². The van der Waals surface area contributed by atoms with E-state index in [2.05, 4.69) is 12.2 Å². The van der Waals surface area contributed by atoms with Gasteiger partial charge in [0.2, 0.25) is 0 Å². The highest BCUT2D eigenvalue weighted by molar-refractivity contribution is 6.25. The molecule has 12 heavy (non-hydrogen) atoms. The molecule has 0 aromatic heterocycles. The number of ether oxygens (including phenoxy) is 1. The molecule has 0 aromatic carbocycles. The monoisotopic (exact) mass is 191 g/mol. The molecule has 0 amide bonds. The van der Waals surface area contributed by atoms with Crippen LogP contribution in [0.3, 0.4) is 0 Å². The maximum absolute atomic E-state index is 5.50. The summed E-state index contributed by atoms with van der Waals surface area (Å²) in [7, 11) is 0. The van der Waals surface area contributed by atoms with E-state index < -0.39 is 0 Å². The molecule has 0 fully saturated rings. The Bertz CT molecular complexity index is 136. The minimum atomic E-state index is 0.276. The largest absolute Gasteiger partial charge is 0.377 e. The van der Waals surface area contributed by atoms with Crippen molar-refractivity contribution in [3.63, 3.8) is 0 Å². The third-order valence-electron chi connectivity index (χ3n) is 1.47. The predicted molar refractivity (Wildman–Crippen MR) is 53.6 cm³/mol. The molecule has 0 aliphatic rings. The van der Waals surface area contributed by atoms with Crippen LogP contribution in [-0.4, -0.2) is 25.8 Å². The van der Waals surface area contributed by atoms with Gasteiger partial charge in [-0.3, -0.25) is 0 Å². The first-order valence-corrected chi connectivity index (χ1v) is 4.72. The number of hydrogen-bond donors (Lipinski definition) is 1. The van der Waals surface area contributed by atoms with Gasteiger partial charge in [0.1, 0.15) is 0 Å². The van der Waals surface area contributed by atoms with E-state index in [1.807, 2.05) is 13.8 Å². The molecular weight excluding hydrogens is 174 g/mol. The minimum Gasteiger partial charge on any atom is -0.377 e. The van der Waals surface area contributed by atoms with Crippen LogP contribution < -0.4 is 5.32 Å². The van der Waals surface area contributed by atoms with Crippen molar-refractivity contribution < 1.29 is 4.74 Å². The van der Waals surface area contributed by atoms with E-state index >= 15 is 0 Å². The van der Waals surface area contributed by atoms with Gasteiger partial charge in [-0.2, -0.15) is 0 Å². The summed E-state index contributed by atoms with van der Waals surface area (Å²) in [6.07, 6.45) is 0.276. The molecule has 0 heterocycles. The van der Waals surface area contributed by atoms with Crippen LogP contribution in [0.2, 0.25) is 0 Å². The molecule has 3 heteroatoms. The van der Waals surface area contributed by atoms with Crippen LogP contribution in [0.5, 0.6) is 0 Å². The summed E-state index contributed by atoms with van der Waals surface area (Å²) in [5.74, 6) is 0. The number of hydrogen-bond acceptors (Lipinski definition) is 2. The average Bonchev–Trinajstić information content (AvgIpc) is 2.04. The topological polar surface area (TPSA) is 21.3 Å². The molecule has 0 aliphatic carbocycles. The molecule has 0 aliphatic heterocycles. The summed E-state index contributed by atoms with van der Waals surface area (Å²) in [4.78, 5) is 0. The molecule has 1 atom stereocenters. The molecule has 0 radical (unpaired) electrons. The van der Waals surface area contributed by atoms with Gasteiger partial charge < -0.3 is 10.1 Å². The van der Waals surface area contributed by atoms with Crippen LogP contribution in [0.15, 0.2) is 11.1 Å². The molecule has 1 unspecified atom stereocenters. The molecule has 0 bridgehead atoms. The second kappa shape index (κ2) is 7.59. The zero-order valence-corrected chi connectivity index (χ0v) is 8.82. The fraction of sp³-hybridized carbons (Fsp3) is 0.778. The van der Waals surface area contributed by atoms with Crippen molar-refractivity contribution in [2.24, 2.45) is 0 Å². The van der Waals surface area contributed by atoms with Gasteiger partial charge in [0.25, 0.3) is 0 Å². The van der Waals surface area contributed by atoms with Crippen molar-refractivity contribution in [3.05, 3.63) is 11.1 Å². The normalized spacial score (nSPS) is 14.8. The third kappa shape index (κ3) is 6.65. The summed E-state index contributed by atoms with van der Waals surface area (Å²) in [5.41, 5.74) is 2.73. The summed E-state index contributed by atoms with van der Waals surface area (Å²) in [5, 5.41) is 3.24. The van der Waals surface area contributed by atoms with Crippen molar-refractivity contribution in [2.45, 2.75) is 26.9 Å². The van der Waals surface area contributed by atoms with E-state index in [1.165, 1.54) is 0 Å². The lowest BCUT2D eigenvalue weighted by Crippen LogP contribution is -2.27. The zero-order chi connectivity index (χ0) is 9.40. The molecule has 0 saturated heterocycles. The van der Waals surface area contributed by atoms with E-state index in [4.69, 9.17) is 16.3 Å². The van der Waals surface area contributed by atoms with Crippen molar-refractivity contribution in [2.75, 3.05) is 19.7 Å². The van der Waals surface area contributed by atoms with E-state index in [-0.39, 0.29) is 6.10 Å². The zero-order valence-electron chi connectivity index (χ0n) is 8.06. The first kappa shape index (κ1) is 11.9. The molecular formula is C9H18ClNO. The Morgan fingerprint density at radius 1 is 1.67 bits per heavy atom. The molecule has 2 nitrogen and oxygen atoms in total. The van der Waals surface area contributed by atoms with Crippen LogP contribution in [0.25, 0.3) is 0 Å². The molecule has 72 valence electrons. The van der Waals surface area contributed by atoms with E-state index in [9.17, 15) is 0 Å². The highest BCUT2D eigenvalue weighted by Gasteiger charge is 1.98. The highest BCUT2D eigenvalue weighted by Crippen LogP contribution is 1.93. The first-order chi connectivity index (χ1) is 5.70. The number of rotatable bonds is 6. The lowest BCUT2D eigenvalue weighted by molar-refractivity contribution is 0.0768. The molecule has 0 aromatic rings. The Kier molecular flexibility index (Phi) is 7.56. The van der Waals surface area contributed by atoms with Gasteiger partial charge in [-0.25, -0.2) is 0 Å². The van der Waals surface area contributed by atoms with Gasteiger partial charge in [-0.15, -0.1) is 0 Å². The molecule has 0 saturated carbocycles. The van der Waals surface area contributed by atoms with Crippen molar-refractivity contribution >= 4 is 11.6 Å². The smallest absolute Gasteiger partial charge is 0.0671 e. The first-order valence-electron chi connectivity index (χ1n) is 4.28. The van der Waals surface area contributed by atoms with E-state index in [1.54, 1.807) is 5.54 Å². The van der Waals surface area contributed by atoms with Crippen molar-refractivity contribution in [3.8, 4) is 0 Å². The summed E-state index contributed by atoms with van der Waals surface area (Å²) in [6, 6.07) is 0. The highest BCUT2D eigenvalue weighted by atomic mass is 35.5. The standard InChI is InChI=1S/C9H18ClNO/c1-4-12-9(3)7-11-6-8(2)5-10/h5,9,11H,4,6-7H2,1-3H3. The van der Waals surface area contributed by atoms with Gasteiger partial charge in [-0.05, 0) is 26.3 Å². The maximum atomic E-state index is 5.50. The second-order valence-electron chi connectivity index (χ2n) is 2.85. The SMILES string of the molecule is CCOC(C)CNCC(C)=CCl. The quantitative estimate of drug-likeness (QED) is 0.695. The number of halogens is 1. The predicted octanol–water partition coefficient (Wildman–Crippen LogP) is 2.14. The minimum absolute atomic E-state index is 0.276. The lowest BCUT2D eigenvalue weighted by atomic mass is 10.3. The average molecular weight is 192 g/mol. The Labute approximate surface area is 79.9 Å². The van der Waals surface area contributed by atoms with Crippen LogP contribution in [0, 0.1) is 0 Å². The van der Waals surface area contributed by atoms with E-state index in [0.29, 0.717) is 0 Å². The maximum Gasteiger partial charge on any atom is 0.0671 e. The fourth-order valence-electron chi connectivity index (χ4n) is 0.855. The molecule has 0 spiro atoms. The third-order valence-corrected chi connectivity index (χ3v) is 1.85. The second-order valence-corrected chi connectivity index (χ2v) is 3.07. The Balaban J connectivity index is 3.30. The van der Waals surface area contributed by atoms with Crippen LogP contribution in [0.1, 0.15) is 20.8 Å². The van der Waals surface area contributed by atoms with Gasteiger partial charge in [0.15, 0.2) is 0 Å².